The number of hydrogen-bond acceptors (Lipinski definition) is 5. The summed E-state index contributed by atoms with van der Waals surface area (Å²) in [6, 6.07) is 17.6. The number of nitrogens with zero attached hydrogens (tertiary/aromatic N) is 3. The average molecular weight is 448 g/mol. The van der Waals surface area contributed by atoms with Crippen LogP contribution in [0.5, 0.6) is 0 Å². The van der Waals surface area contributed by atoms with Crippen LogP contribution in [-0.4, -0.2) is 38.4 Å². The normalized spacial score (nSPS) is 15.4. The van der Waals surface area contributed by atoms with Crippen LogP contribution in [0.4, 0.5) is 5.69 Å². The van der Waals surface area contributed by atoms with E-state index in [9.17, 15) is 9.59 Å². The van der Waals surface area contributed by atoms with Crippen LogP contribution in [0.3, 0.4) is 0 Å². The molecule has 0 saturated heterocycles. The molecule has 164 valence electrons. The molecule has 0 atom stereocenters. The Morgan fingerprint density at radius 2 is 1.72 bits per heavy atom. The van der Waals surface area contributed by atoms with E-state index >= 15 is 0 Å². The molecule has 0 aliphatic heterocycles. The van der Waals surface area contributed by atoms with Gasteiger partial charge in [0.25, 0.3) is 5.91 Å². The van der Waals surface area contributed by atoms with E-state index in [1.807, 2.05) is 24.3 Å². The Hall–Kier alpha value is -3.13. The van der Waals surface area contributed by atoms with Crippen LogP contribution in [0.1, 0.15) is 53.3 Å². The molecule has 0 spiro atoms. The smallest absolute Gasteiger partial charge is 0.253 e. The summed E-state index contributed by atoms with van der Waals surface area (Å²) in [5.41, 5.74) is 2.19. The van der Waals surface area contributed by atoms with E-state index in [-0.39, 0.29) is 23.6 Å². The summed E-state index contributed by atoms with van der Waals surface area (Å²) in [6.07, 6.45) is 4.31. The van der Waals surface area contributed by atoms with Crippen LogP contribution in [-0.2, 0) is 11.3 Å². The maximum atomic E-state index is 12.7. The van der Waals surface area contributed by atoms with E-state index in [1.54, 1.807) is 18.2 Å². The van der Waals surface area contributed by atoms with Crippen molar-refractivity contribution in [2.45, 2.75) is 49.3 Å². The number of aromatic nitrogens is 3. The Balaban J connectivity index is 1.25. The van der Waals surface area contributed by atoms with E-state index in [2.05, 4.69) is 37.5 Å². The molecule has 2 saturated carbocycles. The number of hydrogen-bond donors (Lipinski definition) is 2. The van der Waals surface area contributed by atoms with Crippen molar-refractivity contribution in [1.29, 1.82) is 0 Å². The van der Waals surface area contributed by atoms with Crippen molar-refractivity contribution in [2.75, 3.05) is 11.1 Å². The predicted octanol–water partition coefficient (Wildman–Crippen LogP) is 3.83. The van der Waals surface area contributed by atoms with E-state index in [0.717, 1.165) is 36.7 Å². The molecule has 2 aliphatic carbocycles. The minimum absolute atomic E-state index is 0.146. The zero-order valence-corrected chi connectivity index (χ0v) is 18.5. The number of rotatable bonds is 9. The number of carbonyl (C=O) groups is 2. The van der Waals surface area contributed by atoms with Gasteiger partial charge in [0.05, 0.1) is 23.5 Å². The Morgan fingerprint density at radius 3 is 2.47 bits per heavy atom. The number of amides is 2. The van der Waals surface area contributed by atoms with Gasteiger partial charge in [-0.15, -0.1) is 10.2 Å². The first kappa shape index (κ1) is 20.8. The fourth-order valence-electron chi connectivity index (χ4n) is 3.56. The first-order chi connectivity index (χ1) is 15.7. The summed E-state index contributed by atoms with van der Waals surface area (Å²) >= 11 is 1.37. The number of benzene rings is 2. The second kappa shape index (κ2) is 9.16. The molecule has 8 heteroatoms. The molecule has 1 aromatic heterocycles. The van der Waals surface area contributed by atoms with E-state index in [4.69, 9.17) is 0 Å². The summed E-state index contributed by atoms with van der Waals surface area (Å²) in [7, 11) is 0. The second-order valence-corrected chi connectivity index (χ2v) is 9.26. The van der Waals surface area contributed by atoms with Crippen molar-refractivity contribution in [1.82, 2.24) is 20.1 Å². The molecule has 1 heterocycles. The van der Waals surface area contributed by atoms with Gasteiger partial charge in [0.1, 0.15) is 5.82 Å². The van der Waals surface area contributed by atoms with Gasteiger partial charge in [-0.3, -0.25) is 9.59 Å². The van der Waals surface area contributed by atoms with E-state index in [0.29, 0.717) is 23.7 Å². The Kier molecular flexibility index (Phi) is 5.94. The van der Waals surface area contributed by atoms with Crippen LogP contribution >= 0.6 is 11.8 Å². The van der Waals surface area contributed by atoms with Crippen molar-refractivity contribution < 1.29 is 9.59 Å². The van der Waals surface area contributed by atoms with Crippen LogP contribution in [0.15, 0.2) is 59.8 Å². The summed E-state index contributed by atoms with van der Waals surface area (Å²) < 4.78 is 2.13. The standard InChI is InChI=1S/C24H25N5O2S/c30-21(26-20-9-5-4-8-19(20)23(31)25-18-12-13-18)15-32-24-28-27-22(17-10-11-17)29(24)14-16-6-2-1-3-7-16/h1-9,17-18H,10-15H2,(H,25,31)(H,26,30). The van der Waals surface area contributed by atoms with Gasteiger partial charge in [-0.2, -0.15) is 0 Å². The van der Waals surface area contributed by atoms with Gasteiger partial charge >= 0.3 is 0 Å². The number of thioether (sulfide) groups is 1. The predicted molar refractivity (Wildman–Crippen MR) is 124 cm³/mol. The van der Waals surface area contributed by atoms with E-state index in [1.165, 1.54) is 17.3 Å². The maximum absolute atomic E-state index is 12.7. The third-order valence-electron chi connectivity index (χ3n) is 5.56. The molecule has 2 aromatic carbocycles. The summed E-state index contributed by atoms with van der Waals surface area (Å²) in [5.74, 6) is 1.33. The third kappa shape index (κ3) is 5.02. The number of anilines is 1. The highest BCUT2D eigenvalue weighted by Crippen LogP contribution is 2.40. The van der Waals surface area contributed by atoms with Crippen molar-refractivity contribution >= 4 is 29.3 Å². The van der Waals surface area contributed by atoms with Gasteiger partial charge in [-0.05, 0) is 43.4 Å². The van der Waals surface area contributed by atoms with Crippen LogP contribution < -0.4 is 10.6 Å². The zero-order valence-electron chi connectivity index (χ0n) is 17.7. The highest BCUT2D eigenvalue weighted by molar-refractivity contribution is 7.99. The van der Waals surface area contributed by atoms with Gasteiger partial charge < -0.3 is 15.2 Å². The zero-order chi connectivity index (χ0) is 21.9. The third-order valence-corrected chi connectivity index (χ3v) is 6.53. The monoisotopic (exact) mass is 447 g/mol. The van der Waals surface area contributed by atoms with Gasteiger partial charge in [0.15, 0.2) is 5.16 Å². The van der Waals surface area contributed by atoms with Crippen LogP contribution in [0.2, 0.25) is 0 Å². The SMILES string of the molecule is O=C(CSc1nnc(C2CC2)n1Cc1ccccc1)Nc1ccccc1C(=O)NC1CC1. The highest BCUT2D eigenvalue weighted by atomic mass is 32.2. The molecular formula is C24H25N5O2S. The van der Waals surface area contributed by atoms with Crippen molar-refractivity contribution in [3.63, 3.8) is 0 Å². The molecule has 7 nitrogen and oxygen atoms in total. The molecule has 2 amide bonds. The van der Waals surface area contributed by atoms with Crippen molar-refractivity contribution in [3.05, 3.63) is 71.5 Å². The van der Waals surface area contributed by atoms with Crippen molar-refractivity contribution in [2.24, 2.45) is 0 Å². The number of carbonyl (C=O) groups excluding carboxylic acids is 2. The summed E-state index contributed by atoms with van der Waals surface area (Å²) in [5, 5.41) is 15.4. The van der Waals surface area contributed by atoms with Crippen LogP contribution in [0.25, 0.3) is 0 Å². The first-order valence-electron chi connectivity index (χ1n) is 11.0. The van der Waals surface area contributed by atoms with Gasteiger partial charge in [0, 0.05) is 12.0 Å². The molecular weight excluding hydrogens is 422 g/mol. The Morgan fingerprint density at radius 1 is 0.969 bits per heavy atom. The minimum atomic E-state index is -0.177. The second-order valence-electron chi connectivity index (χ2n) is 8.32. The van der Waals surface area contributed by atoms with Gasteiger partial charge in [-0.1, -0.05) is 54.2 Å². The molecule has 3 aromatic rings. The molecule has 0 unspecified atom stereocenters. The van der Waals surface area contributed by atoms with E-state index < -0.39 is 0 Å². The fourth-order valence-corrected chi connectivity index (χ4v) is 4.31. The number of nitrogens with one attached hydrogen (secondary N) is 2. The number of para-hydroxylation sites is 1. The molecule has 2 fully saturated rings. The Labute approximate surface area is 191 Å². The molecule has 32 heavy (non-hydrogen) atoms. The molecule has 2 aliphatic rings. The maximum Gasteiger partial charge on any atom is 0.253 e. The lowest BCUT2D eigenvalue weighted by Gasteiger charge is -2.12. The molecule has 0 bridgehead atoms. The lowest BCUT2D eigenvalue weighted by atomic mass is 10.1. The molecule has 5 rings (SSSR count). The topological polar surface area (TPSA) is 88.9 Å². The fraction of sp³-hybridized carbons (Fsp3) is 0.333. The Bertz CT molecular complexity index is 1120. The molecule has 0 radical (unpaired) electrons. The molecule has 2 N–H and O–H groups in total. The van der Waals surface area contributed by atoms with Crippen LogP contribution in [0, 0.1) is 0 Å². The lowest BCUT2D eigenvalue weighted by molar-refractivity contribution is -0.113. The van der Waals surface area contributed by atoms with Crippen molar-refractivity contribution in [3.8, 4) is 0 Å². The minimum Gasteiger partial charge on any atom is -0.349 e. The average Bonchev–Trinajstić information content (AvgIpc) is 3.74. The summed E-state index contributed by atoms with van der Waals surface area (Å²) in [4.78, 5) is 25.2. The summed E-state index contributed by atoms with van der Waals surface area (Å²) in [6.45, 7) is 0.688. The van der Waals surface area contributed by atoms with Gasteiger partial charge in [-0.25, -0.2) is 0 Å². The largest absolute Gasteiger partial charge is 0.349 e. The highest BCUT2D eigenvalue weighted by Gasteiger charge is 2.30. The first-order valence-corrected chi connectivity index (χ1v) is 12.0. The quantitative estimate of drug-likeness (QED) is 0.487. The lowest BCUT2D eigenvalue weighted by Crippen LogP contribution is -2.27. The van der Waals surface area contributed by atoms with Gasteiger partial charge in [0.2, 0.25) is 5.91 Å².